The van der Waals surface area contributed by atoms with Crippen molar-refractivity contribution in [3.63, 3.8) is 0 Å². The van der Waals surface area contributed by atoms with Gasteiger partial charge in [-0.3, -0.25) is 0 Å². The third-order valence-electron chi connectivity index (χ3n) is 5.88. The van der Waals surface area contributed by atoms with Crippen molar-refractivity contribution in [2.45, 2.75) is 60.5 Å². The minimum Gasteiger partial charge on any atom is -0.488 e. The van der Waals surface area contributed by atoms with E-state index in [4.69, 9.17) is 4.74 Å². The molecule has 0 aliphatic heterocycles. The highest BCUT2D eigenvalue weighted by Crippen LogP contribution is 2.36. The Kier molecular flexibility index (Phi) is 8.01. The molecule has 3 aromatic carbocycles. The molecule has 0 aliphatic rings. The van der Waals surface area contributed by atoms with Gasteiger partial charge in [-0.25, -0.2) is 0 Å². The molecule has 1 atom stereocenters. The van der Waals surface area contributed by atoms with Crippen LogP contribution in [0, 0.1) is 13.8 Å². The van der Waals surface area contributed by atoms with Crippen molar-refractivity contribution in [2.75, 3.05) is 18.0 Å². The molecule has 0 aliphatic carbocycles. The van der Waals surface area contributed by atoms with Crippen molar-refractivity contribution < 1.29 is 4.74 Å². The Bertz CT molecular complexity index is 1030. The molecule has 1 unspecified atom stereocenters. The van der Waals surface area contributed by atoms with E-state index in [2.05, 4.69) is 114 Å². The standard InChI is InChI=1S/C29H38NOP/c1-8-30(9-2)25-17-13-14-22(4)28(25)32-26-19-21(3)18-24(29(5,6)7)27(26)31-20-23-15-11-10-12-16-23/h10-19,32H,8-9,20H2,1-7H3. The fourth-order valence-corrected chi connectivity index (χ4v) is 5.63. The van der Waals surface area contributed by atoms with Crippen LogP contribution in [0.4, 0.5) is 5.69 Å². The SMILES string of the molecule is CCN(CC)c1cccc(C)c1Pc1cc(C)cc(C(C)(C)C)c1OCc1ccccc1. The highest BCUT2D eigenvalue weighted by molar-refractivity contribution is 7.56. The fourth-order valence-electron chi connectivity index (χ4n) is 4.09. The van der Waals surface area contributed by atoms with Crippen molar-refractivity contribution in [2.24, 2.45) is 0 Å². The van der Waals surface area contributed by atoms with Crippen LogP contribution < -0.4 is 20.2 Å². The van der Waals surface area contributed by atoms with Gasteiger partial charge in [0.25, 0.3) is 0 Å². The summed E-state index contributed by atoms with van der Waals surface area (Å²) in [6.45, 7) is 18.3. The molecule has 0 heterocycles. The summed E-state index contributed by atoms with van der Waals surface area (Å²) >= 11 is 0. The smallest absolute Gasteiger partial charge is 0.131 e. The molecular weight excluding hydrogens is 409 g/mol. The largest absolute Gasteiger partial charge is 0.488 e. The van der Waals surface area contributed by atoms with Gasteiger partial charge in [0.2, 0.25) is 0 Å². The minimum atomic E-state index is 0.00467. The monoisotopic (exact) mass is 447 g/mol. The van der Waals surface area contributed by atoms with Crippen molar-refractivity contribution in [3.8, 4) is 5.75 Å². The molecule has 0 N–H and O–H groups in total. The van der Waals surface area contributed by atoms with Crippen LogP contribution in [0.25, 0.3) is 0 Å². The Hall–Kier alpha value is -2.31. The molecule has 0 spiro atoms. The third-order valence-corrected chi connectivity index (χ3v) is 7.42. The maximum absolute atomic E-state index is 6.59. The normalized spacial score (nSPS) is 11.8. The summed E-state index contributed by atoms with van der Waals surface area (Å²) in [6.07, 6.45) is 0. The van der Waals surface area contributed by atoms with E-state index in [0.29, 0.717) is 15.2 Å². The molecule has 3 heteroatoms. The molecule has 0 saturated carbocycles. The zero-order valence-electron chi connectivity index (χ0n) is 20.8. The average molecular weight is 448 g/mol. The molecule has 0 aromatic heterocycles. The van der Waals surface area contributed by atoms with Crippen LogP contribution in [0.15, 0.2) is 60.7 Å². The molecule has 0 radical (unpaired) electrons. The summed E-state index contributed by atoms with van der Waals surface area (Å²) < 4.78 is 6.59. The maximum atomic E-state index is 6.59. The molecule has 0 saturated heterocycles. The van der Waals surface area contributed by atoms with E-state index in [1.54, 1.807) is 0 Å². The number of rotatable bonds is 8. The summed E-state index contributed by atoms with van der Waals surface area (Å²) in [4.78, 5) is 2.46. The van der Waals surface area contributed by atoms with Gasteiger partial charge in [-0.2, -0.15) is 0 Å². The Morgan fingerprint density at radius 3 is 2.19 bits per heavy atom. The van der Waals surface area contributed by atoms with Crippen LogP contribution in [-0.2, 0) is 12.0 Å². The van der Waals surface area contributed by atoms with Gasteiger partial charge in [-0.15, -0.1) is 0 Å². The fraction of sp³-hybridized carbons (Fsp3) is 0.379. The zero-order valence-corrected chi connectivity index (χ0v) is 21.8. The summed E-state index contributed by atoms with van der Waals surface area (Å²) in [7, 11) is 0.545. The summed E-state index contributed by atoms with van der Waals surface area (Å²) in [5.74, 6) is 1.05. The van der Waals surface area contributed by atoms with Gasteiger partial charge in [-0.1, -0.05) is 77.9 Å². The zero-order chi connectivity index (χ0) is 23.3. The van der Waals surface area contributed by atoms with Crippen LogP contribution >= 0.6 is 8.58 Å². The van der Waals surface area contributed by atoms with E-state index >= 15 is 0 Å². The third kappa shape index (κ3) is 5.73. The second kappa shape index (κ2) is 10.5. The quantitative estimate of drug-likeness (QED) is 0.358. The summed E-state index contributed by atoms with van der Waals surface area (Å²) in [6, 6.07) is 21.8. The average Bonchev–Trinajstić information content (AvgIpc) is 2.75. The molecule has 2 nitrogen and oxygen atoms in total. The second-order valence-corrected chi connectivity index (χ2v) is 10.8. The minimum absolute atomic E-state index is 0.00467. The molecule has 0 bridgehead atoms. The first-order valence-electron chi connectivity index (χ1n) is 11.7. The molecule has 0 amide bonds. The number of nitrogens with zero attached hydrogens (tertiary/aromatic N) is 1. The van der Waals surface area contributed by atoms with Gasteiger partial charge in [-0.05, 0) is 61.9 Å². The molecular formula is C29H38NOP. The second-order valence-electron chi connectivity index (χ2n) is 9.48. The van der Waals surface area contributed by atoms with E-state index in [-0.39, 0.29) is 5.41 Å². The predicted octanol–water partition coefficient (Wildman–Crippen LogP) is 6.66. The van der Waals surface area contributed by atoms with Crippen LogP contribution in [0.1, 0.15) is 56.9 Å². The van der Waals surface area contributed by atoms with Gasteiger partial charge in [0, 0.05) is 34.9 Å². The van der Waals surface area contributed by atoms with Crippen LogP contribution in [-0.4, -0.2) is 13.1 Å². The van der Waals surface area contributed by atoms with E-state index < -0.39 is 0 Å². The van der Waals surface area contributed by atoms with Gasteiger partial charge < -0.3 is 9.64 Å². The summed E-state index contributed by atoms with van der Waals surface area (Å²) in [5, 5.41) is 2.72. The van der Waals surface area contributed by atoms with Crippen LogP contribution in [0.3, 0.4) is 0 Å². The highest BCUT2D eigenvalue weighted by Gasteiger charge is 2.24. The van der Waals surface area contributed by atoms with Gasteiger partial charge in [0.15, 0.2) is 0 Å². The lowest BCUT2D eigenvalue weighted by molar-refractivity contribution is 0.300. The van der Waals surface area contributed by atoms with Gasteiger partial charge in [0.05, 0.1) is 0 Å². The van der Waals surface area contributed by atoms with E-state index in [1.807, 2.05) is 0 Å². The lowest BCUT2D eigenvalue weighted by atomic mass is 9.85. The lowest BCUT2D eigenvalue weighted by Crippen LogP contribution is -2.28. The van der Waals surface area contributed by atoms with Gasteiger partial charge in [0.1, 0.15) is 12.4 Å². The number of aryl methyl sites for hydroxylation is 2. The summed E-state index contributed by atoms with van der Waals surface area (Å²) in [5.41, 5.74) is 6.48. The molecule has 32 heavy (non-hydrogen) atoms. The van der Waals surface area contributed by atoms with Crippen molar-refractivity contribution >= 4 is 24.9 Å². The topological polar surface area (TPSA) is 12.5 Å². The number of ether oxygens (including phenoxy) is 1. The lowest BCUT2D eigenvalue weighted by Gasteiger charge is -2.28. The Morgan fingerprint density at radius 2 is 1.56 bits per heavy atom. The number of anilines is 1. The first-order chi connectivity index (χ1) is 15.2. The Labute approximate surface area is 196 Å². The van der Waals surface area contributed by atoms with Crippen LogP contribution in [0.2, 0.25) is 0 Å². The molecule has 3 aromatic rings. The Balaban J connectivity index is 2.09. The van der Waals surface area contributed by atoms with E-state index in [1.165, 1.54) is 38.6 Å². The van der Waals surface area contributed by atoms with Gasteiger partial charge >= 0.3 is 0 Å². The molecule has 170 valence electrons. The van der Waals surface area contributed by atoms with Crippen molar-refractivity contribution in [3.05, 3.63) is 82.9 Å². The van der Waals surface area contributed by atoms with Crippen molar-refractivity contribution in [1.29, 1.82) is 0 Å². The highest BCUT2D eigenvalue weighted by atomic mass is 31.1. The molecule has 3 rings (SSSR count). The first kappa shape index (κ1) is 24.3. The Morgan fingerprint density at radius 1 is 0.875 bits per heavy atom. The van der Waals surface area contributed by atoms with E-state index in [0.717, 1.165) is 18.8 Å². The van der Waals surface area contributed by atoms with E-state index in [9.17, 15) is 0 Å². The number of hydrogen-bond acceptors (Lipinski definition) is 2. The first-order valence-corrected chi connectivity index (χ1v) is 12.7. The van der Waals surface area contributed by atoms with Crippen LogP contribution in [0.5, 0.6) is 5.75 Å². The maximum Gasteiger partial charge on any atom is 0.131 e. The van der Waals surface area contributed by atoms with Crippen molar-refractivity contribution in [1.82, 2.24) is 0 Å². The number of benzene rings is 3. The molecule has 0 fully saturated rings. The predicted molar refractivity (Wildman–Crippen MR) is 143 cm³/mol. The number of hydrogen-bond donors (Lipinski definition) is 0.